The lowest BCUT2D eigenvalue weighted by atomic mass is 10.1. The van der Waals surface area contributed by atoms with E-state index in [9.17, 15) is 5.11 Å². The molecule has 5 nitrogen and oxygen atoms in total. The lowest BCUT2D eigenvalue weighted by Gasteiger charge is -2.26. The molecule has 1 aromatic carbocycles. The molecule has 0 saturated carbocycles. The molecule has 3 N–H and O–H groups in total. The minimum absolute atomic E-state index is 0.233. The van der Waals surface area contributed by atoms with E-state index in [0.717, 1.165) is 37.4 Å². The normalized spacial score (nSPS) is 23.4. The number of nitrogens with two attached hydrogens (primary N) is 1. The molecule has 0 amide bonds. The van der Waals surface area contributed by atoms with Gasteiger partial charge in [0, 0.05) is 37.4 Å². The molecule has 20 heavy (non-hydrogen) atoms. The van der Waals surface area contributed by atoms with E-state index in [2.05, 4.69) is 23.9 Å². The number of aliphatic hydroxyl groups excluding tert-OH is 1. The molecule has 1 aliphatic heterocycles. The quantitative estimate of drug-likeness (QED) is 0.780. The van der Waals surface area contributed by atoms with Gasteiger partial charge in [-0.1, -0.05) is 0 Å². The second-order valence-electron chi connectivity index (χ2n) is 5.85. The summed E-state index contributed by atoms with van der Waals surface area (Å²) in [5, 5.41) is 9.91. The smallest absolute Gasteiger partial charge is 0.121 e. The number of ether oxygens (including phenoxy) is 1. The van der Waals surface area contributed by atoms with Gasteiger partial charge in [0.25, 0.3) is 0 Å². The van der Waals surface area contributed by atoms with Crippen LogP contribution in [0.4, 0.5) is 5.69 Å². The summed E-state index contributed by atoms with van der Waals surface area (Å²) < 4.78 is 5.26. The van der Waals surface area contributed by atoms with Gasteiger partial charge in [-0.05, 0) is 38.2 Å². The Morgan fingerprint density at radius 2 is 2.15 bits per heavy atom. The predicted octanol–water partition coefficient (Wildman–Crippen LogP) is 0.774. The maximum atomic E-state index is 9.91. The van der Waals surface area contributed by atoms with Crippen molar-refractivity contribution >= 4 is 5.69 Å². The number of aliphatic hydroxyl groups is 1. The number of likely N-dealkylation sites (N-methyl/N-ethyl adjacent to an activating group) is 1. The molecule has 0 aromatic heterocycles. The molecule has 0 aliphatic carbocycles. The van der Waals surface area contributed by atoms with Crippen LogP contribution in [-0.4, -0.2) is 61.3 Å². The highest BCUT2D eigenvalue weighted by Gasteiger charge is 2.31. The van der Waals surface area contributed by atoms with Crippen molar-refractivity contribution in [3.63, 3.8) is 0 Å². The highest BCUT2D eigenvalue weighted by molar-refractivity contribution is 5.47. The van der Waals surface area contributed by atoms with E-state index >= 15 is 0 Å². The Labute approximate surface area is 120 Å². The van der Waals surface area contributed by atoms with Crippen molar-refractivity contribution in [1.82, 2.24) is 9.80 Å². The Morgan fingerprint density at radius 3 is 2.80 bits per heavy atom. The zero-order chi connectivity index (χ0) is 14.7. The van der Waals surface area contributed by atoms with E-state index < -0.39 is 0 Å². The van der Waals surface area contributed by atoms with Gasteiger partial charge in [-0.25, -0.2) is 0 Å². The fourth-order valence-electron chi connectivity index (χ4n) is 2.89. The molecule has 112 valence electrons. The van der Waals surface area contributed by atoms with E-state index in [1.54, 1.807) is 7.11 Å². The Balaban J connectivity index is 2.09. The van der Waals surface area contributed by atoms with Gasteiger partial charge in [-0.2, -0.15) is 0 Å². The van der Waals surface area contributed by atoms with Gasteiger partial charge >= 0.3 is 0 Å². The second-order valence-corrected chi connectivity index (χ2v) is 5.85. The number of rotatable bonds is 5. The standard InChI is InChI=1S/C15H25N3O2/c1-17(2)9-13-7-14(19)10-18(13)8-11-4-12(16)6-15(5-11)20-3/h4-6,13-14,19H,7-10,16H2,1-3H3. The van der Waals surface area contributed by atoms with Crippen LogP contribution in [0.5, 0.6) is 5.75 Å². The van der Waals surface area contributed by atoms with Crippen molar-refractivity contribution in [3.05, 3.63) is 23.8 Å². The third-order valence-electron chi connectivity index (χ3n) is 3.69. The van der Waals surface area contributed by atoms with Gasteiger partial charge in [0.05, 0.1) is 13.2 Å². The van der Waals surface area contributed by atoms with Crippen LogP contribution in [0.25, 0.3) is 0 Å². The first-order chi connectivity index (χ1) is 9.47. The summed E-state index contributed by atoms with van der Waals surface area (Å²) in [7, 11) is 5.77. The van der Waals surface area contributed by atoms with Gasteiger partial charge in [0.2, 0.25) is 0 Å². The zero-order valence-electron chi connectivity index (χ0n) is 12.5. The van der Waals surface area contributed by atoms with Crippen LogP contribution in [0.1, 0.15) is 12.0 Å². The first-order valence-electron chi connectivity index (χ1n) is 6.98. The van der Waals surface area contributed by atoms with E-state index in [0.29, 0.717) is 11.7 Å². The molecule has 1 aliphatic rings. The number of nitrogen functional groups attached to an aromatic ring is 1. The monoisotopic (exact) mass is 279 g/mol. The van der Waals surface area contributed by atoms with Crippen LogP contribution in [-0.2, 0) is 6.54 Å². The third kappa shape index (κ3) is 3.85. The lowest BCUT2D eigenvalue weighted by molar-refractivity contribution is 0.169. The van der Waals surface area contributed by atoms with Crippen LogP contribution in [0, 0.1) is 0 Å². The minimum atomic E-state index is -0.233. The third-order valence-corrected chi connectivity index (χ3v) is 3.69. The topological polar surface area (TPSA) is 62.0 Å². The van der Waals surface area contributed by atoms with Gasteiger partial charge in [-0.3, -0.25) is 4.90 Å². The van der Waals surface area contributed by atoms with E-state index in [-0.39, 0.29) is 6.10 Å². The summed E-state index contributed by atoms with van der Waals surface area (Å²) in [4.78, 5) is 4.48. The SMILES string of the molecule is COc1cc(N)cc(CN2CC(O)CC2CN(C)C)c1. The number of anilines is 1. The van der Waals surface area contributed by atoms with Crippen molar-refractivity contribution in [2.75, 3.05) is 40.0 Å². The summed E-state index contributed by atoms with van der Waals surface area (Å²) in [6.45, 7) is 2.46. The van der Waals surface area contributed by atoms with Crippen molar-refractivity contribution in [2.45, 2.75) is 25.1 Å². The number of benzene rings is 1. The van der Waals surface area contributed by atoms with Gasteiger partial charge < -0.3 is 20.5 Å². The molecule has 1 saturated heterocycles. The van der Waals surface area contributed by atoms with Crippen LogP contribution in [0.2, 0.25) is 0 Å². The fraction of sp³-hybridized carbons (Fsp3) is 0.600. The molecule has 0 spiro atoms. The number of nitrogens with zero attached hydrogens (tertiary/aromatic N) is 2. The van der Waals surface area contributed by atoms with Crippen LogP contribution in [0.3, 0.4) is 0 Å². The van der Waals surface area contributed by atoms with Gasteiger partial charge in [-0.15, -0.1) is 0 Å². The average molecular weight is 279 g/mol. The van der Waals surface area contributed by atoms with Crippen molar-refractivity contribution in [1.29, 1.82) is 0 Å². The number of likely N-dealkylation sites (tertiary alicyclic amines) is 1. The number of methoxy groups -OCH3 is 1. The van der Waals surface area contributed by atoms with E-state index in [1.165, 1.54) is 0 Å². The van der Waals surface area contributed by atoms with Gasteiger partial charge in [0.1, 0.15) is 5.75 Å². The Hall–Kier alpha value is -1.30. The molecular weight excluding hydrogens is 254 g/mol. The zero-order valence-corrected chi connectivity index (χ0v) is 12.5. The molecular formula is C15H25N3O2. The number of hydrogen-bond acceptors (Lipinski definition) is 5. The molecule has 2 atom stereocenters. The number of β-amino-alcohol motifs (C(OH)–C–C–N with tert-alkyl or cyclic N) is 1. The molecule has 2 unspecified atom stereocenters. The van der Waals surface area contributed by atoms with Gasteiger partial charge in [0.15, 0.2) is 0 Å². The predicted molar refractivity (Wildman–Crippen MR) is 80.8 cm³/mol. The fourth-order valence-corrected chi connectivity index (χ4v) is 2.89. The Kier molecular flexibility index (Phi) is 4.86. The first kappa shape index (κ1) is 15.1. The van der Waals surface area contributed by atoms with Crippen molar-refractivity contribution < 1.29 is 9.84 Å². The summed E-state index contributed by atoms with van der Waals surface area (Å²) in [5.74, 6) is 0.781. The first-order valence-corrected chi connectivity index (χ1v) is 6.98. The van der Waals surface area contributed by atoms with Crippen LogP contribution in [0.15, 0.2) is 18.2 Å². The second kappa shape index (κ2) is 6.43. The summed E-state index contributed by atoms with van der Waals surface area (Å²) in [6.07, 6.45) is 0.598. The van der Waals surface area contributed by atoms with Crippen LogP contribution >= 0.6 is 0 Å². The highest BCUT2D eigenvalue weighted by Crippen LogP contribution is 2.24. The van der Waals surface area contributed by atoms with E-state index in [4.69, 9.17) is 10.5 Å². The molecule has 1 fully saturated rings. The maximum absolute atomic E-state index is 9.91. The number of hydrogen-bond donors (Lipinski definition) is 2. The summed E-state index contributed by atoms with van der Waals surface area (Å²) >= 11 is 0. The van der Waals surface area contributed by atoms with Crippen molar-refractivity contribution in [2.24, 2.45) is 0 Å². The summed E-state index contributed by atoms with van der Waals surface area (Å²) in [5.41, 5.74) is 7.73. The average Bonchev–Trinajstić information content (AvgIpc) is 2.67. The molecule has 1 heterocycles. The minimum Gasteiger partial charge on any atom is -0.497 e. The molecule has 0 bridgehead atoms. The van der Waals surface area contributed by atoms with Crippen LogP contribution < -0.4 is 10.5 Å². The highest BCUT2D eigenvalue weighted by atomic mass is 16.5. The molecule has 2 rings (SSSR count). The maximum Gasteiger partial charge on any atom is 0.121 e. The summed E-state index contributed by atoms with van der Waals surface area (Å²) in [6, 6.07) is 6.18. The Morgan fingerprint density at radius 1 is 1.40 bits per heavy atom. The molecule has 1 aromatic rings. The largest absolute Gasteiger partial charge is 0.497 e. The van der Waals surface area contributed by atoms with E-state index in [1.807, 2.05) is 18.2 Å². The Bertz CT molecular complexity index is 451. The molecule has 0 radical (unpaired) electrons. The molecule has 5 heteroatoms. The van der Waals surface area contributed by atoms with Crippen molar-refractivity contribution in [3.8, 4) is 5.75 Å². The lowest BCUT2D eigenvalue weighted by Crippen LogP contribution is -2.37.